The highest BCUT2D eigenvalue weighted by Crippen LogP contribution is 2.29. The minimum Gasteiger partial charge on any atom is -0.490 e. The van der Waals surface area contributed by atoms with E-state index in [9.17, 15) is 9.59 Å². The van der Waals surface area contributed by atoms with Crippen molar-refractivity contribution >= 4 is 27.7 Å². The lowest BCUT2D eigenvalue weighted by Crippen LogP contribution is -2.49. The normalized spacial score (nSPS) is 17.6. The number of benzene rings is 3. The molecule has 4 rings (SSSR count). The summed E-state index contributed by atoms with van der Waals surface area (Å²) in [7, 11) is 1.83. The number of nitrogens with zero attached hydrogens (tertiary/aromatic N) is 2. The van der Waals surface area contributed by atoms with E-state index in [-0.39, 0.29) is 23.8 Å². The Morgan fingerprint density at radius 1 is 1.03 bits per heavy atom. The Bertz CT molecular complexity index is 1170. The van der Waals surface area contributed by atoms with Gasteiger partial charge in [-0.1, -0.05) is 70.5 Å². The monoisotopic (exact) mass is 534 g/mol. The fourth-order valence-corrected chi connectivity index (χ4v) is 4.95. The van der Waals surface area contributed by atoms with E-state index in [1.807, 2.05) is 97.7 Å². The fraction of sp³-hybridized carbons (Fsp3) is 0.310. The molecule has 1 heterocycles. The number of carbonyl (C=O) groups is 2. The molecule has 0 unspecified atom stereocenters. The summed E-state index contributed by atoms with van der Waals surface area (Å²) in [5.74, 6) is 0.713. The molecular weight excluding hydrogens is 504 g/mol. The Hall–Kier alpha value is -3.12. The largest absolute Gasteiger partial charge is 0.490 e. The van der Waals surface area contributed by atoms with Crippen molar-refractivity contribution in [2.75, 3.05) is 20.1 Å². The Morgan fingerprint density at radius 2 is 1.77 bits per heavy atom. The zero-order chi connectivity index (χ0) is 24.8. The number of halogens is 1. The molecule has 35 heavy (non-hydrogen) atoms. The van der Waals surface area contributed by atoms with E-state index in [0.717, 1.165) is 21.3 Å². The van der Waals surface area contributed by atoms with E-state index in [1.165, 1.54) is 0 Å². The second-order valence-electron chi connectivity index (χ2n) is 9.17. The van der Waals surface area contributed by atoms with Crippen molar-refractivity contribution in [3.8, 4) is 5.75 Å². The number of piperidine rings is 1. The lowest BCUT2D eigenvalue weighted by atomic mass is 9.90. The number of ether oxygens (including phenoxy) is 1. The van der Waals surface area contributed by atoms with Gasteiger partial charge in [-0.25, -0.2) is 0 Å². The summed E-state index contributed by atoms with van der Waals surface area (Å²) in [5.41, 5.74) is 2.76. The van der Waals surface area contributed by atoms with Crippen LogP contribution in [-0.4, -0.2) is 47.9 Å². The predicted molar refractivity (Wildman–Crippen MR) is 141 cm³/mol. The van der Waals surface area contributed by atoms with Crippen LogP contribution in [0.5, 0.6) is 5.75 Å². The maximum Gasteiger partial charge on any atom is 0.254 e. The molecule has 0 aliphatic carbocycles. The van der Waals surface area contributed by atoms with Crippen LogP contribution in [0.1, 0.15) is 34.3 Å². The maximum atomic E-state index is 13.3. The third-order valence-electron chi connectivity index (χ3n) is 6.54. The van der Waals surface area contributed by atoms with Crippen molar-refractivity contribution in [1.29, 1.82) is 0 Å². The second-order valence-corrected chi connectivity index (χ2v) is 10.1. The first-order chi connectivity index (χ1) is 16.9. The number of carbonyl (C=O) groups excluding carboxylic acids is 2. The molecule has 2 amide bonds. The van der Waals surface area contributed by atoms with Gasteiger partial charge in [0, 0.05) is 55.5 Å². The van der Waals surface area contributed by atoms with Crippen molar-refractivity contribution in [2.45, 2.75) is 32.4 Å². The molecule has 0 aromatic heterocycles. The molecule has 182 valence electrons. The summed E-state index contributed by atoms with van der Waals surface area (Å²) in [4.78, 5) is 30.2. The van der Waals surface area contributed by atoms with Crippen LogP contribution in [0.3, 0.4) is 0 Å². The molecule has 1 aliphatic rings. The highest BCUT2D eigenvalue weighted by Gasteiger charge is 2.35. The van der Waals surface area contributed by atoms with Gasteiger partial charge < -0.3 is 14.5 Å². The Kier molecular flexibility index (Phi) is 8.24. The molecule has 2 atom stereocenters. The number of aryl methyl sites for hydroxylation is 1. The number of hydrogen-bond acceptors (Lipinski definition) is 3. The topological polar surface area (TPSA) is 49.9 Å². The van der Waals surface area contributed by atoms with Crippen LogP contribution >= 0.6 is 15.9 Å². The van der Waals surface area contributed by atoms with Crippen LogP contribution in [-0.2, 0) is 11.3 Å². The van der Waals surface area contributed by atoms with E-state index in [0.29, 0.717) is 38.0 Å². The third-order valence-corrected chi connectivity index (χ3v) is 7.03. The van der Waals surface area contributed by atoms with Crippen LogP contribution in [0.25, 0.3) is 0 Å². The minimum atomic E-state index is -0.153. The first kappa shape index (κ1) is 25.0. The molecule has 0 saturated carbocycles. The first-order valence-electron chi connectivity index (χ1n) is 12.0. The zero-order valence-corrected chi connectivity index (χ0v) is 21.8. The molecule has 6 heteroatoms. The fourth-order valence-electron chi connectivity index (χ4n) is 4.57. The zero-order valence-electron chi connectivity index (χ0n) is 20.2. The van der Waals surface area contributed by atoms with Crippen LogP contribution in [0.4, 0.5) is 0 Å². The predicted octanol–water partition coefficient (Wildman–Crippen LogP) is 5.72. The van der Waals surface area contributed by atoms with Crippen molar-refractivity contribution in [1.82, 2.24) is 9.80 Å². The van der Waals surface area contributed by atoms with Gasteiger partial charge in [0.1, 0.15) is 11.9 Å². The van der Waals surface area contributed by atoms with Crippen LogP contribution in [0, 0.1) is 12.8 Å². The van der Waals surface area contributed by atoms with Crippen molar-refractivity contribution < 1.29 is 14.3 Å². The molecule has 1 saturated heterocycles. The number of rotatable bonds is 7. The summed E-state index contributed by atoms with van der Waals surface area (Å²) in [6.07, 6.45) is 0.837. The van der Waals surface area contributed by atoms with E-state index in [1.54, 1.807) is 4.90 Å². The standard InChI is InChI=1S/C29H31BrN2O3/c1-21-9-6-7-14-26(21)29(34)32-16-15-27(35-25-13-8-12-24(30)18-25)23(20-32)17-28(33)31(2)19-22-10-4-3-5-11-22/h3-14,18,23,27H,15-17,19-20H2,1-2H3/t23-,27-/m0/s1. The number of likely N-dealkylation sites (tertiary alicyclic amines) is 1. The van der Waals surface area contributed by atoms with Crippen LogP contribution in [0.2, 0.25) is 0 Å². The molecule has 0 spiro atoms. The van der Waals surface area contributed by atoms with Gasteiger partial charge in [0.15, 0.2) is 0 Å². The SMILES string of the molecule is Cc1ccccc1C(=O)N1CC[C@H](Oc2cccc(Br)c2)[C@@H](CC(=O)N(C)Cc2ccccc2)C1. The van der Waals surface area contributed by atoms with Gasteiger partial charge in [-0.15, -0.1) is 0 Å². The smallest absolute Gasteiger partial charge is 0.254 e. The maximum absolute atomic E-state index is 13.3. The molecule has 0 bridgehead atoms. The molecule has 1 fully saturated rings. The molecule has 1 aliphatic heterocycles. The Balaban J connectivity index is 1.50. The lowest BCUT2D eigenvalue weighted by Gasteiger charge is -2.39. The average Bonchev–Trinajstić information content (AvgIpc) is 2.85. The molecule has 0 radical (unpaired) electrons. The molecule has 0 N–H and O–H groups in total. The highest BCUT2D eigenvalue weighted by atomic mass is 79.9. The van der Waals surface area contributed by atoms with E-state index in [4.69, 9.17) is 4.74 Å². The Morgan fingerprint density at radius 3 is 2.51 bits per heavy atom. The van der Waals surface area contributed by atoms with Crippen LogP contribution in [0.15, 0.2) is 83.3 Å². The van der Waals surface area contributed by atoms with Gasteiger partial charge in [-0.3, -0.25) is 9.59 Å². The third kappa shape index (κ3) is 6.51. The number of amides is 2. The highest BCUT2D eigenvalue weighted by molar-refractivity contribution is 9.10. The van der Waals surface area contributed by atoms with E-state index >= 15 is 0 Å². The molecule has 5 nitrogen and oxygen atoms in total. The van der Waals surface area contributed by atoms with Gasteiger partial charge in [0.05, 0.1) is 0 Å². The van der Waals surface area contributed by atoms with Crippen molar-refractivity contribution in [3.05, 3.63) is 100 Å². The quantitative estimate of drug-likeness (QED) is 0.389. The van der Waals surface area contributed by atoms with Gasteiger partial charge >= 0.3 is 0 Å². The summed E-state index contributed by atoms with van der Waals surface area (Å²) in [6.45, 7) is 3.58. The van der Waals surface area contributed by atoms with Gasteiger partial charge in [-0.2, -0.15) is 0 Å². The lowest BCUT2D eigenvalue weighted by molar-refractivity contribution is -0.132. The summed E-state index contributed by atoms with van der Waals surface area (Å²) < 4.78 is 7.31. The van der Waals surface area contributed by atoms with Crippen molar-refractivity contribution in [3.63, 3.8) is 0 Å². The van der Waals surface area contributed by atoms with Crippen LogP contribution < -0.4 is 4.74 Å². The summed E-state index contributed by atoms with van der Waals surface area (Å²) >= 11 is 3.50. The molecule has 3 aromatic carbocycles. The summed E-state index contributed by atoms with van der Waals surface area (Å²) in [6, 6.07) is 25.4. The summed E-state index contributed by atoms with van der Waals surface area (Å²) in [5, 5.41) is 0. The average molecular weight is 535 g/mol. The van der Waals surface area contributed by atoms with Crippen molar-refractivity contribution in [2.24, 2.45) is 5.92 Å². The molecule has 3 aromatic rings. The van der Waals surface area contributed by atoms with Gasteiger partial charge in [0.25, 0.3) is 5.91 Å². The Labute approximate surface area is 215 Å². The first-order valence-corrected chi connectivity index (χ1v) is 12.7. The number of hydrogen-bond donors (Lipinski definition) is 0. The second kappa shape index (κ2) is 11.5. The minimum absolute atomic E-state index is 0.0131. The van der Waals surface area contributed by atoms with E-state index < -0.39 is 0 Å². The van der Waals surface area contributed by atoms with E-state index in [2.05, 4.69) is 15.9 Å². The van der Waals surface area contributed by atoms with Gasteiger partial charge in [-0.05, 0) is 42.3 Å². The molecular formula is C29H31BrN2O3. The van der Waals surface area contributed by atoms with Gasteiger partial charge in [0.2, 0.25) is 5.91 Å².